The Morgan fingerprint density at radius 1 is 1.37 bits per heavy atom. The van der Waals surface area contributed by atoms with E-state index in [1.807, 2.05) is 18.2 Å². The highest BCUT2D eigenvalue weighted by Gasteiger charge is 2.16. The van der Waals surface area contributed by atoms with Crippen LogP contribution in [0.1, 0.15) is 23.5 Å². The van der Waals surface area contributed by atoms with Gasteiger partial charge in [-0.1, -0.05) is 35.5 Å². The normalized spacial score (nSPS) is 11.0. The van der Waals surface area contributed by atoms with Crippen LogP contribution in [0.4, 0.5) is 9.93 Å². The fourth-order valence-corrected chi connectivity index (χ4v) is 2.96. The summed E-state index contributed by atoms with van der Waals surface area (Å²) in [6.07, 6.45) is 4.80. The van der Waals surface area contributed by atoms with Gasteiger partial charge in [0.05, 0.1) is 5.69 Å². The smallest absolute Gasteiger partial charge is 0.448 e. The molecule has 10 nitrogen and oxygen atoms in total. The number of ether oxygens (including phenoxy) is 1. The molecule has 154 valence electrons. The molecule has 2 heterocycles. The van der Waals surface area contributed by atoms with Crippen molar-refractivity contribution >= 4 is 28.3 Å². The predicted octanol–water partition coefficient (Wildman–Crippen LogP) is 2.37. The molecule has 11 heteroatoms. The van der Waals surface area contributed by atoms with Crippen LogP contribution < -0.4 is 11.1 Å². The second-order valence-electron chi connectivity index (χ2n) is 5.73. The Morgan fingerprint density at radius 2 is 2.17 bits per heavy atom. The van der Waals surface area contributed by atoms with E-state index in [9.17, 15) is 9.59 Å². The van der Waals surface area contributed by atoms with Crippen LogP contribution in [0.5, 0.6) is 0 Å². The summed E-state index contributed by atoms with van der Waals surface area (Å²) >= 11 is 1.21. The van der Waals surface area contributed by atoms with Gasteiger partial charge < -0.3 is 14.1 Å². The number of terminal acetylenes is 1. The third-order valence-corrected chi connectivity index (χ3v) is 4.38. The number of thiazole rings is 1. The van der Waals surface area contributed by atoms with Gasteiger partial charge in [-0.05, 0) is 0 Å². The first-order valence-electron chi connectivity index (χ1n) is 8.68. The number of nitrogens with one attached hydrogen (secondary N) is 1. The van der Waals surface area contributed by atoms with Gasteiger partial charge >= 0.3 is 11.8 Å². The van der Waals surface area contributed by atoms with Gasteiger partial charge in [-0.3, -0.25) is 5.32 Å². The molecule has 30 heavy (non-hydrogen) atoms. The van der Waals surface area contributed by atoms with Gasteiger partial charge in [0.1, 0.15) is 6.61 Å². The van der Waals surface area contributed by atoms with Crippen LogP contribution in [0.25, 0.3) is 0 Å². The van der Waals surface area contributed by atoms with Gasteiger partial charge in [0.2, 0.25) is 0 Å². The number of hydrogen-bond acceptors (Lipinski definition) is 9. The molecule has 0 aliphatic heterocycles. The Balaban J connectivity index is 1.67. The van der Waals surface area contributed by atoms with E-state index in [4.69, 9.17) is 20.5 Å². The van der Waals surface area contributed by atoms with Crippen molar-refractivity contribution in [2.45, 2.75) is 13.0 Å². The Hall–Kier alpha value is -3.91. The van der Waals surface area contributed by atoms with Crippen LogP contribution in [-0.2, 0) is 23.2 Å². The van der Waals surface area contributed by atoms with Crippen molar-refractivity contribution in [1.82, 2.24) is 14.7 Å². The van der Waals surface area contributed by atoms with Gasteiger partial charge in [0.25, 0.3) is 0 Å². The summed E-state index contributed by atoms with van der Waals surface area (Å²) in [7, 11) is 1.54. The van der Waals surface area contributed by atoms with E-state index < -0.39 is 11.8 Å². The molecule has 2 aromatic heterocycles. The molecule has 3 rings (SSSR count). The molecular formula is C19H17N5O5S. The van der Waals surface area contributed by atoms with E-state index in [1.165, 1.54) is 16.1 Å². The number of nitrogens with zero attached hydrogens (tertiary/aromatic N) is 4. The van der Waals surface area contributed by atoms with Crippen molar-refractivity contribution in [2.75, 3.05) is 11.9 Å². The van der Waals surface area contributed by atoms with E-state index in [1.54, 1.807) is 24.6 Å². The number of oxime groups is 1. The fourth-order valence-electron chi connectivity index (χ4n) is 2.28. The van der Waals surface area contributed by atoms with E-state index in [0.717, 1.165) is 0 Å². The van der Waals surface area contributed by atoms with Crippen LogP contribution >= 0.6 is 11.3 Å². The lowest BCUT2D eigenvalue weighted by molar-refractivity contribution is 0.128. The molecule has 0 bridgehead atoms. The minimum atomic E-state index is -0.736. The summed E-state index contributed by atoms with van der Waals surface area (Å²) in [6.45, 7) is 0.164. The third kappa shape index (κ3) is 5.55. The highest BCUT2D eigenvalue weighted by molar-refractivity contribution is 7.13. The third-order valence-electron chi connectivity index (χ3n) is 3.58. The van der Waals surface area contributed by atoms with E-state index in [-0.39, 0.29) is 19.0 Å². The number of hydrogen-bond donors (Lipinski definition) is 1. The first-order chi connectivity index (χ1) is 14.6. The lowest BCUT2D eigenvalue weighted by atomic mass is 10.1. The fraction of sp³-hybridized carbons (Fsp3) is 0.211. The summed E-state index contributed by atoms with van der Waals surface area (Å²) in [6, 6.07) is 9.11. The van der Waals surface area contributed by atoms with Gasteiger partial charge in [0.15, 0.2) is 23.3 Å². The molecule has 0 atom stereocenters. The van der Waals surface area contributed by atoms with Gasteiger partial charge in [-0.15, -0.1) is 23.7 Å². The highest BCUT2D eigenvalue weighted by Crippen LogP contribution is 2.17. The summed E-state index contributed by atoms with van der Waals surface area (Å²) in [5.74, 6) is 1.86. The van der Waals surface area contributed by atoms with Crippen molar-refractivity contribution in [3.8, 4) is 12.3 Å². The molecule has 0 fully saturated rings. The molecule has 0 spiro atoms. The van der Waals surface area contributed by atoms with Gasteiger partial charge in [-0.25, -0.2) is 14.6 Å². The largest absolute Gasteiger partial charge is 0.460 e. The number of aromatic nitrogens is 3. The quantitative estimate of drug-likeness (QED) is 0.253. The average molecular weight is 427 g/mol. The zero-order valence-corrected chi connectivity index (χ0v) is 16.7. The van der Waals surface area contributed by atoms with Crippen molar-refractivity contribution in [1.29, 1.82) is 0 Å². The van der Waals surface area contributed by atoms with E-state index in [2.05, 4.69) is 26.4 Å². The molecule has 0 aliphatic carbocycles. The van der Waals surface area contributed by atoms with Crippen molar-refractivity contribution < 1.29 is 18.9 Å². The number of anilines is 1. The molecule has 3 aromatic rings. The number of carbonyl (C=O) groups is 1. The summed E-state index contributed by atoms with van der Waals surface area (Å²) < 4.78 is 11.0. The standard InChI is InChI=1S/C19H17N5O5S/c1-3-4-10-27-18(25)22-17-20-14(12-30-17)11-28-23-15(13-8-6-5-7-9-13)16-21-19(26)29-24(16)2/h1,5-9,12H,4,10-11H2,2H3,(H,20,22,25)/b23-15-. The first-order valence-corrected chi connectivity index (χ1v) is 9.56. The number of benzene rings is 1. The van der Waals surface area contributed by atoms with Crippen LogP contribution in [0, 0.1) is 12.3 Å². The first kappa shape index (κ1) is 20.8. The van der Waals surface area contributed by atoms with Crippen LogP contribution in [0.15, 0.2) is 50.2 Å². The van der Waals surface area contributed by atoms with E-state index >= 15 is 0 Å². The Kier molecular flexibility index (Phi) is 6.96. The van der Waals surface area contributed by atoms with Crippen molar-refractivity contribution in [3.63, 3.8) is 0 Å². The molecule has 0 saturated carbocycles. The Bertz CT molecular complexity index is 1130. The topological polar surface area (TPSA) is 121 Å². The van der Waals surface area contributed by atoms with Crippen LogP contribution in [0.2, 0.25) is 0 Å². The molecule has 1 amide bonds. The molecule has 0 saturated heterocycles. The average Bonchev–Trinajstić information content (AvgIpc) is 3.31. The maximum absolute atomic E-state index is 11.6. The second-order valence-corrected chi connectivity index (χ2v) is 6.59. The molecule has 1 N–H and O–H groups in total. The van der Waals surface area contributed by atoms with Gasteiger partial charge in [0, 0.05) is 24.4 Å². The molecular weight excluding hydrogens is 410 g/mol. The maximum Gasteiger partial charge on any atom is 0.460 e. The second kappa shape index (κ2) is 10.0. The van der Waals surface area contributed by atoms with Crippen LogP contribution in [0.3, 0.4) is 0 Å². The highest BCUT2D eigenvalue weighted by atomic mass is 32.1. The molecule has 0 unspecified atom stereocenters. The predicted molar refractivity (Wildman–Crippen MR) is 109 cm³/mol. The van der Waals surface area contributed by atoms with E-state index in [0.29, 0.717) is 28.5 Å². The summed E-state index contributed by atoms with van der Waals surface area (Å²) in [5, 5.41) is 8.69. The van der Waals surface area contributed by atoms with Gasteiger partial charge in [-0.2, -0.15) is 9.72 Å². The summed E-state index contributed by atoms with van der Waals surface area (Å²) in [5.41, 5.74) is 1.57. The SMILES string of the molecule is C#CCCOC(=O)Nc1nc(CO/N=C(/c2ccccc2)c2nc(=O)on2C)cs1. The lowest BCUT2D eigenvalue weighted by Crippen LogP contribution is -2.14. The number of amides is 1. The minimum Gasteiger partial charge on any atom is -0.448 e. The zero-order valence-electron chi connectivity index (χ0n) is 15.9. The Morgan fingerprint density at radius 3 is 2.87 bits per heavy atom. The van der Waals surface area contributed by atoms with Crippen LogP contribution in [-0.4, -0.2) is 33.1 Å². The molecule has 1 aromatic carbocycles. The number of rotatable bonds is 8. The van der Waals surface area contributed by atoms with Crippen molar-refractivity contribution in [2.24, 2.45) is 12.2 Å². The zero-order chi connectivity index (χ0) is 21.3. The molecule has 0 aliphatic rings. The lowest BCUT2D eigenvalue weighted by Gasteiger charge is -2.05. The number of aryl methyl sites for hydroxylation is 1. The van der Waals surface area contributed by atoms with Crippen molar-refractivity contribution in [3.05, 3.63) is 63.3 Å². The number of carbonyl (C=O) groups excluding carboxylic acids is 1. The maximum atomic E-state index is 11.6. The minimum absolute atomic E-state index is 0.0342. The summed E-state index contributed by atoms with van der Waals surface area (Å²) in [4.78, 5) is 36.5. The monoisotopic (exact) mass is 427 g/mol. The molecule has 0 radical (unpaired) electrons. The Labute approximate surface area is 175 Å².